The minimum Gasteiger partial charge on any atom is -0.397 e. The van der Waals surface area contributed by atoms with Crippen LogP contribution in [0.3, 0.4) is 0 Å². The van der Waals surface area contributed by atoms with Gasteiger partial charge in [0, 0.05) is 5.57 Å². The lowest BCUT2D eigenvalue weighted by molar-refractivity contribution is -0.112. The van der Waals surface area contributed by atoms with Gasteiger partial charge in [-0.25, -0.2) is 0 Å². The van der Waals surface area contributed by atoms with E-state index in [1.165, 1.54) is 0 Å². The number of benzene rings is 1. The highest BCUT2D eigenvalue weighted by atomic mass is 16.1. The molecule has 0 spiro atoms. The van der Waals surface area contributed by atoms with Gasteiger partial charge in [0.25, 0.3) is 5.91 Å². The van der Waals surface area contributed by atoms with Crippen molar-refractivity contribution in [3.63, 3.8) is 0 Å². The van der Waals surface area contributed by atoms with Crippen molar-refractivity contribution in [2.75, 3.05) is 11.1 Å². The number of carbonyl (C=O) groups excluding carboxylic acids is 1. The SMILES string of the molecule is C/C=C\C(=C/C)C(=O)Nc1ccccc1N. The number of carbonyl (C=O) groups is 1. The fraction of sp³-hybridized carbons (Fsp3) is 0.154. The molecule has 0 fully saturated rings. The molecule has 0 saturated heterocycles. The summed E-state index contributed by atoms with van der Waals surface area (Å²) in [7, 11) is 0. The summed E-state index contributed by atoms with van der Waals surface area (Å²) in [4.78, 5) is 11.8. The van der Waals surface area contributed by atoms with Crippen molar-refractivity contribution < 1.29 is 4.79 Å². The lowest BCUT2D eigenvalue weighted by Gasteiger charge is -2.07. The molecule has 0 atom stereocenters. The monoisotopic (exact) mass is 216 g/mol. The van der Waals surface area contributed by atoms with Crippen LogP contribution in [0.25, 0.3) is 0 Å². The third kappa shape index (κ3) is 2.98. The van der Waals surface area contributed by atoms with E-state index in [0.717, 1.165) is 0 Å². The van der Waals surface area contributed by atoms with Crippen molar-refractivity contribution in [3.8, 4) is 0 Å². The summed E-state index contributed by atoms with van der Waals surface area (Å²) >= 11 is 0. The fourth-order valence-electron chi connectivity index (χ4n) is 1.29. The molecule has 1 aromatic carbocycles. The standard InChI is InChI=1S/C13H16N2O/c1-3-7-10(4-2)13(16)15-12-9-6-5-8-11(12)14/h3-9H,14H2,1-2H3,(H,15,16)/b7-3-,10-4+. The van der Waals surface area contributed by atoms with E-state index in [0.29, 0.717) is 16.9 Å². The number of nitrogens with two attached hydrogens (primary N) is 1. The molecule has 0 unspecified atom stereocenters. The van der Waals surface area contributed by atoms with E-state index in [2.05, 4.69) is 5.32 Å². The van der Waals surface area contributed by atoms with Crippen molar-refractivity contribution in [3.05, 3.63) is 48.1 Å². The molecular formula is C13H16N2O. The molecule has 84 valence electrons. The molecule has 1 aromatic rings. The maximum Gasteiger partial charge on any atom is 0.255 e. The van der Waals surface area contributed by atoms with Gasteiger partial charge in [-0.15, -0.1) is 0 Å². The number of hydrogen-bond donors (Lipinski definition) is 2. The Balaban J connectivity index is 2.83. The number of hydrogen-bond acceptors (Lipinski definition) is 2. The third-order valence-electron chi connectivity index (χ3n) is 2.13. The fourth-order valence-corrected chi connectivity index (χ4v) is 1.29. The first-order valence-electron chi connectivity index (χ1n) is 5.14. The second-order valence-electron chi connectivity index (χ2n) is 3.29. The molecule has 0 bridgehead atoms. The second-order valence-corrected chi connectivity index (χ2v) is 3.29. The van der Waals surface area contributed by atoms with Crippen LogP contribution in [-0.2, 0) is 4.79 Å². The van der Waals surface area contributed by atoms with Crippen molar-refractivity contribution in [2.24, 2.45) is 0 Å². The highest BCUT2D eigenvalue weighted by Gasteiger charge is 2.06. The van der Waals surface area contributed by atoms with Crippen LogP contribution in [0.5, 0.6) is 0 Å². The van der Waals surface area contributed by atoms with E-state index in [4.69, 9.17) is 5.73 Å². The first kappa shape index (κ1) is 12.0. The smallest absolute Gasteiger partial charge is 0.255 e. The van der Waals surface area contributed by atoms with Gasteiger partial charge in [-0.1, -0.05) is 30.4 Å². The van der Waals surface area contributed by atoms with E-state index in [9.17, 15) is 4.79 Å². The van der Waals surface area contributed by atoms with Crippen LogP contribution in [0.15, 0.2) is 48.1 Å². The second kappa shape index (κ2) is 5.75. The highest BCUT2D eigenvalue weighted by molar-refractivity contribution is 6.06. The minimum atomic E-state index is -0.154. The normalized spacial score (nSPS) is 11.8. The van der Waals surface area contributed by atoms with Gasteiger partial charge in [-0.05, 0) is 26.0 Å². The number of rotatable bonds is 3. The van der Waals surface area contributed by atoms with Gasteiger partial charge < -0.3 is 11.1 Å². The Labute approximate surface area is 95.7 Å². The van der Waals surface area contributed by atoms with Gasteiger partial charge in [0.05, 0.1) is 11.4 Å². The Morgan fingerprint density at radius 3 is 2.56 bits per heavy atom. The van der Waals surface area contributed by atoms with Gasteiger partial charge >= 0.3 is 0 Å². The lowest BCUT2D eigenvalue weighted by atomic mass is 10.2. The molecule has 0 aliphatic rings. The van der Waals surface area contributed by atoms with Gasteiger partial charge in [0.2, 0.25) is 0 Å². The number of nitrogen functional groups attached to an aromatic ring is 1. The van der Waals surface area contributed by atoms with Crippen LogP contribution >= 0.6 is 0 Å². The zero-order chi connectivity index (χ0) is 12.0. The van der Waals surface area contributed by atoms with E-state index in [1.54, 1.807) is 24.3 Å². The molecule has 0 aromatic heterocycles. The Kier molecular flexibility index (Phi) is 4.33. The average molecular weight is 216 g/mol. The molecule has 16 heavy (non-hydrogen) atoms. The van der Waals surface area contributed by atoms with Crippen LogP contribution < -0.4 is 11.1 Å². The molecule has 3 nitrogen and oxygen atoms in total. The highest BCUT2D eigenvalue weighted by Crippen LogP contribution is 2.17. The quantitative estimate of drug-likeness (QED) is 0.463. The van der Waals surface area contributed by atoms with Gasteiger partial charge in [-0.3, -0.25) is 4.79 Å². The molecular weight excluding hydrogens is 200 g/mol. The maximum absolute atomic E-state index is 11.8. The Hall–Kier alpha value is -2.03. The zero-order valence-corrected chi connectivity index (χ0v) is 9.53. The van der Waals surface area contributed by atoms with Crippen molar-refractivity contribution in [2.45, 2.75) is 13.8 Å². The summed E-state index contributed by atoms with van der Waals surface area (Å²) in [5.74, 6) is -0.154. The lowest BCUT2D eigenvalue weighted by Crippen LogP contribution is -2.14. The van der Waals surface area contributed by atoms with Crippen LogP contribution in [0, 0.1) is 0 Å². The van der Waals surface area contributed by atoms with Crippen molar-refractivity contribution >= 4 is 17.3 Å². The molecule has 1 rings (SSSR count). The predicted molar refractivity (Wildman–Crippen MR) is 68.1 cm³/mol. The summed E-state index contributed by atoms with van der Waals surface area (Å²) in [6.07, 6.45) is 5.34. The maximum atomic E-state index is 11.8. The van der Waals surface area contributed by atoms with E-state index >= 15 is 0 Å². The van der Waals surface area contributed by atoms with Gasteiger partial charge in [0.1, 0.15) is 0 Å². The van der Waals surface area contributed by atoms with Gasteiger partial charge in [-0.2, -0.15) is 0 Å². The Morgan fingerprint density at radius 1 is 1.31 bits per heavy atom. The van der Waals surface area contributed by atoms with Crippen LogP contribution in [0.4, 0.5) is 11.4 Å². The summed E-state index contributed by atoms with van der Waals surface area (Å²) in [5.41, 5.74) is 7.55. The van der Waals surface area contributed by atoms with Crippen LogP contribution in [0.1, 0.15) is 13.8 Å². The van der Waals surface area contributed by atoms with E-state index in [1.807, 2.05) is 32.1 Å². The Bertz CT molecular complexity index is 433. The summed E-state index contributed by atoms with van der Waals surface area (Å²) < 4.78 is 0. The minimum absolute atomic E-state index is 0.154. The number of para-hydroxylation sites is 2. The molecule has 0 aliphatic carbocycles. The molecule has 1 amide bonds. The molecule has 0 saturated carbocycles. The summed E-state index contributed by atoms with van der Waals surface area (Å²) in [5, 5.41) is 2.76. The first-order valence-corrected chi connectivity index (χ1v) is 5.14. The van der Waals surface area contributed by atoms with Crippen LogP contribution in [-0.4, -0.2) is 5.91 Å². The van der Waals surface area contributed by atoms with E-state index < -0.39 is 0 Å². The van der Waals surface area contributed by atoms with Crippen molar-refractivity contribution in [1.82, 2.24) is 0 Å². The number of anilines is 2. The predicted octanol–water partition coefficient (Wildman–Crippen LogP) is 2.73. The Morgan fingerprint density at radius 2 is 2.00 bits per heavy atom. The van der Waals surface area contributed by atoms with Crippen molar-refractivity contribution in [1.29, 1.82) is 0 Å². The molecule has 0 radical (unpaired) electrons. The van der Waals surface area contributed by atoms with Gasteiger partial charge in [0.15, 0.2) is 0 Å². The summed E-state index contributed by atoms with van der Waals surface area (Å²) in [6.45, 7) is 3.69. The number of allylic oxidation sites excluding steroid dienone is 2. The molecule has 3 heteroatoms. The summed E-state index contributed by atoms with van der Waals surface area (Å²) in [6, 6.07) is 7.18. The largest absolute Gasteiger partial charge is 0.397 e. The first-order chi connectivity index (χ1) is 7.69. The molecule has 3 N–H and O–H groups in total. The topological polar surface area (TPSA) is 55.1 Å². The zero-order valence-electron chi connectivity index (χ0n) is 9.53. The number of nitrogens with one attached hydrogen (secondary N) is 1. The number of amides is 1. The average Bonchev–Trinajstić information content (AvgIpc) is 2.29. The van der Waals surface area contributed by atoms with E-state index in [-0.39, 0.29) is 5.91 Å². The third-order valence-corrected chi connectivity index (χ3v) is 2.13. The molecule has 0 heterocycles. The van der Waals surface area contributed by atoms with Crippen LogP contribution in [0.2, 0.25) is 0 Å². The molecule has 0 aliphatic heterocycles.